The monoisotopic (exact) mass is 873 g/mol. The third-order valence-electron chi connectivity index (χ3n) is 10.3. The third-order valence-corrected chi connectivity index (χ3v) is 10.3. The van der Waals surface area contributed by atoms with Crippen LogP contribution in [0.15, 0.2) is 109 Å². The van der Waals surface area contributed by atoms with Gasteiger partial charge >= 0.3 is 17.9 Å². The Morgan fingerprint density at radius 1 is 0.333 bits per heavy atom. The summed E-state index contributed by atoms with van der Waals surface area (Å²) in [5, 5.41) is 0. The number of unbranched alkanes of at least 4 members (excludes halogenated alkanes) is 15. The van der Waals surface area contributed by atoms with Gasteiger partial charge in [-0.3, -0.25) is 14.4 Å². The lowest BCUT2D eigenvalue weighted by molar-refractivity contribution is -0.167. The Bertz CT molecular complexity index is 1330. The van der Waals surface area contributed by atoms with Crippen molar-refractivity contribution in [2.75, 3.05) is 13.2 Å². The fraction of sp³-hybridized carbons (Fsp3) is 0.632. The van der Waals surface area contributed by atoms with Crippen molar-refractivity contribution in [3.63, 3.8) is 0 Å². The number of hydrogen-bond donors (Lipinski definition) is 0. The van der Waals surface area contributed by atoms with E-state index < -0.39 is 6.10 Å². The van der Waals surface area contributed by atoms with Crippen molar-refractivity contribution in [1.82, 2.24) is 0 Å². The van der Waals surface area contributed by atoms with Gasteiger partial charge in [-0.15, -0.1) is 0 Å². The Kier molecular flexibility index (Phi) is 47.5. The van der Waals surface area contributed by atoms with E-state index in [-0.39, 0.29) is 31.1 Å². The Morgan fingerprint density at radius 2 is 0.619 bits per heavy atom. The van der Waals surface area contributed by atoms with E-state index in [2.05, 4.69) is 130 Å². The van der Waals surface area contributed by atoms with Crippen LogP contribution in [0.5, 0.6) is 0 Å². The van der Waals surface area contributed by atoms with Crippen molar-refractivity contribution in [2.24, 2.45) is 0 Å². The first kappa shape index (κ1) is 59.1. The highest BCUT2D eigenvalue weighted by Gasteiger charge is 2.19. The molecule has 356 valence electrons. The van der Waals surface area contributed by atoms with Crippen LogP contribution in [0.2, 0.25) is 0 Å². The molecule has 0 aliphatic carbocycles. The zero-order valence-corrected chi connectivity index (χ0v) is 40.5. The van der Waals surface area contributed by atoms with Crippen molar-refractivity contribution in [3.8, 4) is 0 Å². The summed E-state index contributed by atoms with van der Waals surface area (Å²) in [7, 11) is 0. The summed E-state index contributed by atoms with van der Waals surface area (Å²) in [6, 6.07) is 0. The van der Waals surface area contributed by atoms with Gasteiger partial charge in [-0.2, -0.15) is 0 Å². The van der Waals surface area contributed by atoms with E-state index >= 15 is 0 Å². The van der Waals surface area contributed by atoms with Crippen LogP contribution in [0.4, 0.5) is 0 Å². The van der Waals surface area contributed by atoms with Crippen molar-refractivity contribution < 1.29 is 28.6 Å². The van der Waals surface area contributed by atoms with Gasteiger partial charge in [-0.25, -0.2) is 0 Å². The standard InChI is InChI=1S/C57H92O6/c1-4-7-10-13-15-17-19-21-22-23-24-25-26-27-28-29-30-31-32-33-34-36-37-39-41-44-47-50-56(59)62-53-54(52-61-55(58)49-46-43-12-9-6-3)63-57(60)51-48-45-42-40-38-35-20-18-16-14-11-8-5-2/h7,10,15,17-18,20-22,24-25,27-28,30-31,33-34,37,39,54H,4-6,8-9,11-14,16,19,23,26,29,32,35-36,38,40-53H2,1-3H3/b10-7-,17-15-,20-18-,22-21-,25-24-,28-27-,31-30-,34-33-,39-37-. The summed E-state index contributed by atoms with van der Waals surface area (Å²) in [4.78, 5) is 37.6. The van der Waals surface area contributed by atoms with E-state index in [0.717, 1.165) is 128 Å². The molecule has 0 aromatic carbocycles. The summed E-state index contributed by atoms with van der Waals surface area (Å²) >= 11 is 0. The zero-order chi connectivity index (χ0) is 45.8. The number of ether oxygens (including phenoxy) is 3. The lowest BCUT2D eigenvalue weighted by Gasteiger charge is -2.18. The Labute approximate surface area is 387 Å². The minimum absolute atomic E-state index is 0.0977. The Morgan fingerprint density at radius 3 is 1.03 bits per heavy atom. The molecule has 0 bridgehead atoms. The predicted octanol–water partition coefficient (Wildman–Crippen LogP) is 16.8. The van der Waals surface area contributed by atoms with Crippen molar-refractivity contribution >= 4 is 17.9 Å². The molecule has 0 fully saturated rings. The van der Waals surface area contributed by atoms with Crippen LogP contribution < -0.4 is 0 Å². The molecule has 6 nitrogen and oxygen atoms in total. The van der Waals surface area contributed by atoms with Crippen molar-refractivity contribution in [2.45, 2.75) is 219 Å². The van der Waals surface area contributed by atoms with Crippen LogP contribution in [0.25, 0.3) is 0 Å². The van der Waals surface area contributed by atoms with Crippen molar-refractivity contribution in [1.29, 1.82) is 0 Å². The fourth-order valence-electron chi connectivity index (χ4n) is 6.45. The number of rotatable bonds is 44. The molecule has 0 amide bonds. The summed E-state index contributed by atoms with van der Waals surface area (Å²) < 4.78 is 16.6. The van der Waals surface area contributed by atoms with Gasteiger partial charge in [0.05, 0.1) is 0 Å². The van der Waals surface area contributed by atoms with E-state index in [0.29, 0.717) is 25.7 Å². The molecule has 0 aliphatic heterocycles. The average molecular weight is 873 g/mol. The highest BCUT2D eigenvalue weighted by Crippen LogP contribution is 2.12. The minimum atomic E-state index is -0.797. The number of carbonyl (C=O) groups is 3. The molecule has 6 heteroatoms. The maximum atomic E-state index is 12.7. The largest absolute Gasteiger partial charge is 0.462 e. The van der Waals surface area contributed by atoms with Gasteiger partial charge in [-0.05, 0) is 109 Å². The van der Waals surface area contributed by atoms with E-state index in [1.54, 1.807) is 0 Å². The molecule has 0 radical (unpaired) electrons. The third kappa shape index (κ3) is 49.0. The Balaban J connectivity index is 4.25. The number of allylic oxidation sites excluding steroid dienone is 18. The van der Waals surface area contributed by atoms with Gasteiger partial charge in [0.2, 0.25) is 0 Å². The SMILES string of the molecule is CC/C=C\C/C=C\C/C=C\C/C=C\C/C=C\C/C=C\C/C=C\C/C=C\CCCCC(=O)OCC(COC(=O)CCCCCCC)OC(=O)CCCCCCC/C=C\CCCCCC. The molecule has 1 unspecified atom stereocenters. The maximum absolute atomic E-state index is 12.7. The fourth-order valence-corrected chi connectivity index (χ4v) is 6.45. The normalized spacial score (nSPS) is 13.0. The molecule has 0 aliphatic rings. The second kappa shape index (κ2) is 50.7. The summed E-state index contributed by atoms with van der Waals surface area (Å²) in [5.74, 6) is -0.974. The van der Waals surface area contributed by atoms with Gasteiger partial charge in [0.15, 0.2) is 6.10 Å². The van der Waals surface area contributed by atoms with Gasteiger partial charge in [0.25, 0.3) is 0 Å². The molecular formula is C57H92O6. The highest BCUT2D eigenvalue weighted by molar-refractivity contribution is 5.71. The predicted molar refractivity (Wildman–Crippen MR) is 270 cm³/mol. The summed E-state index contributed by atoms with van der Waals surface area (Å²) in [6.45, 7) is 6.35. The van der Waals surface area contributed by atoms with Gasteiger partial charge in [-0.1, -0.05) is 194 Å². The summed E-state index contributed by atoms with van der Waals surface area (Å²) in [5.41, 5.74) is 0. The van der Waals surface area contributed by atoms with E-state index in [1.807, 2.05) is 0 Å². The molecule has 0 saturated heterocycles. The quantitative estimate of drug-likeness (QED) is 0.0263. The van der Waals surface area contributed by atoms with Crippen molar-refractivity contribution in [3.05, 3.63) is 109 Å². The van der Waals surface area contributed by atoms with E-state index in [1.165, 1.54) is 38.5 Å². The smallest absolute Gasteiger partial charge is 0.306 e. The molecule has 0 rings (SSSR count). The van der Waals surface area contributed by atoms with Crippen LogP contribution in [0.3, 0.4) is 0 Å². The molecule has 63 heavy (non-hydrogen) atoms. The first-order valence-corrected chi connectivity index (χ1v) is 25.4. The molecule has 0 N–H and O–H groups in total. The second-order valence-electron chi connectivity index (χ2n) is 16.3. The first-order valence-electron chi connectivity index (χ1n) is 25.4. The lowest BCUT2D eigenvalue weighted by Crippen LogP contribution is -2.30. The Hall–Kier alpha value is -3.93. The average Bonchev–Trinajstić information content (AvgIpc) is 3.28. The van der Waals surface area contributed by atoms with Crippen LogP contribution >= 0.6 is 0 Å². The van der Waals surface area contributed by atoms with Crippen LogP contribution in [-0.4, -0.2) is 37.2 Å². The summed E-state index contributed by atoms with van der Waals surface area (Å²) in [6.07, 6.45) is 68.3. The minimum Gasteiger partial charge on any atom is -0.462 e. The van der Waals surface area contributed by atoms with Gasteiger partial charge in [0.1, 0.15) is 13.2 Å². The molecule has 0 saturated carbocycles. The molecular weight excluding hydrogens is 781 g/mol. The van der Waals surface area contributed by atoms with Gasteiger partial charge in [0, 0.05) is 19.3 Å². The van der Waals surface area contributed by atoms with Crippen LogP contribution in [0.1, 0.15) is 213 Å². The van der Waals surface area contributed by atoms with E-state index in [9.17, 15) is 14.4 Å². The molecule has 0 aromatic rings. The number of carbonyl (C=O) groups excluding carboxylic acids is 3. The maximum Gasteiger partial charge on any atom is 0.306 e. The number of esters is 3. The first-order chi connectivity index (χ1) is 31.0. The topological polar surface area (TPSA) is 78.9 Å². The molecule has 0 heterocycles. The second-order valence-corrected chi connectivity index (χ2v) is 16.3. The zero-order valence-electron chi connectivity index (χ0n) is 40.5. The molecule has 1 atom stereocenters. The van der Waals surface area contributed by atoms with Crippen LogP contribution in [-0.2, 0) is 28.6 Å². The van der Waals surface area contributed by atoms with E-state index in [4.69, 9.17) is 14.2 Å². The highest BCUT2D eigenvalue weighted by atomic mass is 16.6. The molecule has 0 spiro atoms. The lowest BCUT2D eigenvalue weighted by atomic mass is 10.1. The van der Waals surface area contributed by atoms with Crippen LogP contribution in [0, 0.1) is 0 Å². The number of hydrogen-bond acceptors (Lipinski definition) is 6. The van der Waals surface area contributed by atoms with Gasteiger partial charge < -0.3 is 14.2 Å². The molecule has 0 aromatic heterocycles.